The Morgan fingerprint density at radius 3 is 2.68 bits per heavy atom. The number of Topliss-reactive ketones (excluding diaryl/α,β-unsaturated/α-hetero) is 1. The second kappa shape index (κ2) is 4.28. The third-order valence-electron chi connectivity index (χ3n) is 3.30. The molecule has 3 heteroatoms. The Morgan fingerprint density at radius 1 is 1.11 bits per heavy atom. The molecule has 0 amide bonds. The number of benzene rings is 1. The summed E-state index contributed by atoms with van der Waals surface area (Å²) in [5, 5.41) is 0. The third-order valence-corrected chi connectivity index (χ3v) is 3.30. The summed E-state index contributed by atoms with van der Waals surface area (Å²) in [6, 6.07) is 15.5. The molecular weight excluding hydrogens is 236 g/mol. The van der Waals surface area contributed by atoms with Crippen LogP contribution in [0.2, 0.25) is 0 Å². The van der Waals surface area contributed by atoms with Crippen molar-refractivity contribution in [1.82, 2.24) is 4.40 Å². The Balaban J connectivity index is 2.21. The maximum Gasteiger partial charge on any atom is 0.159 e. The first kappa shape index (κ1) is 11.5. The van der Waals surface area contributed by atoms with Crippen LogP contribution in [-0.2, 0) is 0 Å². The smallest absolute Gasteiger partial charge is 0.159 e. The zero-order chi connectivity index (χ0) is 13.4. The lowest BCUT2D eigenvalue weighted by Gasteiger charge is -2.03. The van der Waals surface area contributed by atoms with Gasteiger partial charge in [0.05, 0.1) is 0 Å². The van der Waals surface area contributed by atoms with Crippen LogP contribution in [0.25, 0.3) is 16.6 Å². The molecule has 0 atom stereocenters. The lowest BCUT2D eigenvalue weighted by atomic mass is 10.0. The van der Waals surface area contributed by atoms with E-state index in [4.69, 9.17) is 5.73 Å². The molecule has 2 heterocycles. The molecule has 1 aromatic carbocycles. The molecule has 3 aromatic rings. The van der Waals surface area contributed by atoms with Crippen LogP contribution < -0.4 is 5.73 Å². The van der Waals surface area contributed by atoms with Gasteiger partial charge in [-0.15, -0.1) is 0 Å². The highest BCUT2D eigenvalue weighted by Crippen LogP contribution is 2.30. The summed E-state index contributed by atoms with van der Waals surface area (Å²) >= 11 is 0. The van der Waals surface area contributed by atoms with Crippen LogP contribution in [0.3, 0.4) is 0 Å². The third kappa shape index (κ3) is 1.89. The maximum absolute atomic E-state index is 11.4. The first-order valence-electron chi connectivity index (χ1n) is 6.14. The van der Waals surface area contributed by atoms with Crippen LogP contribution in [0.15, 0.2) is 54.7 Å². The summed E-state index contributed by atoms with van der Waals surface area (Å²) in [4.78, 5) is 11.4. The van der Waals surface area contributed by atoms with Gasteiger partial charge in [-0.05, 0) is 36.8 Å². The van der Waals surface area contributed by atoms with E-state index >= 15 is 0 Å². The average molecular weight is 250 g/mol. The number of carbonyl (C=O) groups excluding carboxylic acids is 1. The number of pyridine rings is 1. The number of hydrogen-bond donors (Lipinski definition) is 1. The topological polar surface area (TPSA) is 47.5 Å². The fourth-order valence-corrected chi connectivity index (χ4v) is 2.28. The van der Waals surface area contributed by atoms with E-state index in [1.165, 1.54) is 0 Å². The summed E-state index contributed by atoms with van der Waals surface area (Å²) in [7, 11) is 0. The Labute approximate surface area is 111 Å². The summed E-state index contributed by atoms with van der Waals surface area (Å²) < 4.78 is 1.94. The van der Waals surface area contributed by atoms with Gasteiger partial charge in [-0.25, -0.2) is 0 Å². The molecule has 0 aliphatic carbocycles. The molecule has 19 heavy (non-hydrogen) atoms. The number of nitrogens with zero attached hydrogens (tertiary/aromatic N) is 1. The van der Waals surface area contributed by atoms with E-state index in [9.17, 15) is 4.79 Å². The highest BCUT2D eigenvalue weighted by Gasteiger charge is 2.10. The molecule has 3 rings (SSSR count). The van der Waals surface area contributed by atoms with E-state index in [0.717, 1.165) is 16.6 Å². The van der Waals surface area contributed by atoms with Gasteiger partial charge in [-0.3, -0.25) is 4.79 Å². The number of aromatic nitrogens is 1. The van der Waals surface area contributed by atoms with Crippen molar-refractivity contribution in [2.75, 3.05) is 5.73 Å². The molecule has 0 fully saturated rings. The second-order valence-electron chi connectivity index (χ2n) is 4.58. The minimum absolute atomic E-state index is 0.0594. The van der Waals surface area contributed by atoms with E-state index in [1.54, 1.807) is 6.92 Å². The lowest BCUT2D eigenvalue weighted by molar-refractivity contribution is 0.101. The van der Waals surface area contributed by atoms with E-state index in [0.29, 0.717) is 11.4 Å². The summed E-state index contributed by atoms with van der Waals surface area (Å²) in [6.45, 7) is 1.57. The predicted molar refractivity (Wildman–Crippen MR) is 77.2 cm³/mol. The van der Waals surface area contributed by atoms with Crippen molar-refractivity contribution in [3.05, 3.63) is 60.3 Å². The minimum atomic E-state index is 0.0594. The zero-order valence-electron chi connectivity index (χ0n) is 10.6. The number of nitrogens with two attached hydrogens (primary N) is 1. The Morgan fingerprint density at radius 2 is 1.95 bits per heavy atom. The second-order valence-corrected chi connectivity index (χ2v) is 4.58. The van der Waals surface area contributed by atoms with Gasteiger partial charge >= 0.3 is 0 Å². The molecule has 0 radical (unpaired) electrons. The standard InChI is InChI=1S/C16H14N2O/c1-11(19)12-5-4-6-13(9-12)15-10-14-7-2-3-8-18(14)16(15)17/h2-10H,17H2,1H3. The van der Waals surface area contributed by atoms with Gasteiger partial charge in [0.2, 0.25) is 0 Å². The lowest BCUT2D eigenvalue weighted by Crippen LogP contribution is -1.95. The van der Waals surface area contributed by atoms with Gasteiger partial charge in [-0.1, -0.05) is 24.3 Å². The van der Waals surface area contributed by atoms with E-state index < -0.39 is 0 Å². The molecule has 2 aromatic heterocycles. The highest BCUT2D eigenvalue weighted by atomic mass is 16.1. The van der Waals surface area contributed by atoms with Gasteiger partial charge in [0, 0.05) is 22.8 Å². The Hall–Kier alpha value is -2.55. The van der Waals surface area contributed by atoms with Crippen LogP contribution in [0.1, 0.15) is 17.3 Å². The molecule has 0 saturated carbocycles. The normalized spacial score (nSPS) is 10.8. The quantitative estimate of drug-likeness (QED) is 0.709. The highest BCUT2D eigenvalue weighted by molar-refractivity contribution is 5.96. The fraction of sp³-hybridized carbons (Fsp3) is 0.0625. The molecule has 94 valence electrons. The molecular formula is C16H14N2O. The molecule has 0 unspecified atom stereocenters. The fourth-order valence-electron chi connectivity index (χ4n) is 2.28. The van der Waals surface area contributed by atoms with Gasteiger partial charge < -0.3 is 10.1 Å². The van der Waals surface area contributed by atoms with E-state index in [2.05, 4.69) is 0 Å². The maximum atomic E-state index is 11.4. The monoisotopic (exact) mass is 250 g/mol. The summed E-state index contributed by atoms with van der Waals surface area (Å²) in [5.41, 5.74) is 9.84. The van der Waals surface area contributed by atoms with Crippen molar-refractivity contribution in [2.45, 2.75) is 6.92 Å². The number of hydrogen-bond acceptors (Lipinski definition) is 2. The van der Waals surface area contributed by atoms with Gasteiger partial charge in [0.1, 0.15) is 5.82 Å². The first-order chi connectivity index (χ1) is 9.16. The van der Waals surface area contributed by atoms with Gasteiger partial charge in [0.25, 0.3) is 0 Å². The van der Waals surface area contributed by atoms with Gasteiger partial charge in [-0.2, -0.15) is 0 Å². The average Bonchev–Trinajstić information content (AvgIpc) is 2.77. The molecule has 0 bridgehead atoms. The van der Waals surface area contributed by atoms with Crippen molar-refractivity contribution in [1.29, 1.82) is 0 Å². The van der Waals surface area contributed by atoms with Crippen LogP contribution in [0, 0.1) is 0 Å². The molecule has 0 spiro atoms. The molecule has 3 nitrogen and oxygen atoms in total. The van der Waals surface area contributed by atoms with Gasteiger partial charge in [0.15, 0.2) is 5.78 Å². The number of rotatable bonds is 2. The van der Waals surface area contributed by atoms with E-state index in [-0.39, 0.29) is 5.78 Å². The van der Waals surface area contributed by atoms with Crippen LogP contribution >= 0.6 is 0 Å². The molecule has 2 N–H and O–H groups in total. The Kier molecular flexibility index (Phi) is 2.60. The van der Waals surface area contributed by atoms with Crippen LogP contribution in [0.4, 0.5) is 5.82 Å². The largest absolute Gasteiger partial charge is 0.384 e. The van der Waals surface area contributed by atoms with Crippen LogP contribution in [0.5, 0.6) is 0 Å². The molecule has 0 aliphatic rings. The minimum Gasteiger partial charge on any atom is -0.384 e. The number of anilines is 1. The molecule has 0 saturated heterocycles. The van der Waals surface area contributed by atoms with Crippen LogP contribution in [-0.4, -0.2) is 10.2 Å². The van der Waals surface area contributed by atoms with Crippen molar-refractivity contribution in [3.8, 4) is 11.1 Å². The number of ketones is 1. The predicted octanol–water partition coefficient (Wildman–Crippen LogP) is 3.39. The van der Waals surface area contributed by atoms with Crippen molar-refractivity contribution in [3.63, 3.8) is 0 Å². The number of fused-ring (bicyclic) bond motifs is 1. The first-order valence-corrected chi connectivity index (χ1v) is 6.14. The summed E-state index contributed by atoms with van der Waals surface area (Å²) in [6.07, 6.45) is 1.93. The Bertz CT molecular complexity index is 771. The SMILES string of the molecule is CC(=O)c1cccc(-c2cc3ccccn3c2N)c1. The van der Waals surface area contributed by atoms with Crippen molar-refractivity contribution in [2.24, 2.45) is 0 Å². The molecule has 0 aliphatic heterocycles. The van der Waals surface area contributed by atoms with Crippen molar-refractivity contribution < 1.29 is 4.79 Å². The number of carbonyl (C=O) groups is 1. The van der Waals surface area contributed by atoms with E-state index in [1.807, 2.05) is 59.1 Å². The summed E-state index contributed by atoms with van der Waals surface area (Å²) in [5.74, 6) is 0.750. The van der Waals surface area contributed by atoms with Crippen molar-refractivity contribution >= 4 is 17.1 Å². The zero-order valence-corrected chi connectivity index (χ0v) is 10.6. The number of nitrogen functional groups attached to an aromatic ring is 1.